The molecule has 2 fully saturated rings. The number of benzene rings is 1. The number of carbonyl (C=O) groups excluding carboxylic acids is 2. The first-order valence-corrected chi connectivity index (χ1v) is 16.7. The molecule has 2 aromatic rings. The number of halogens is 1. The number of rotatable bonds is 8. The largest absolute Gasteiger partial charge is 0.474 e. The molecule has 0 unspecified atom stereocenters. The van der Waals surface area contributed by atoms with Crippen LogP contribution in [0.5, 0.6) is 5.88 Å². The number of hydrogen-bond acceptors (Lipinski definition) is 9. The van der Waals surface area contributed by atoms with E-state index in [4.69, 9.17) is 14.2 Å². The van der Waals surface area contributed by atoms with Crippen molar-refractivity contribution in [3.63, 3.8) is 0 Å². The van der Waals surface area contributed by atoms with Gasteiger partial charge in [0.1, 0.15) is 23.7 Å². The Kier molecular flexibility index (Phi) is 11.1. The molecule has 12 heteroatoms. The van der Waals surface area contributed by atoms with Crippen LogP contribution in [0.25, 0.3) is 0 Å². The van der Waals surface area contributed by atoms with Gasteiger partial charge in [0.25, 0.3) is 0 Å². The molecule has 0 spiro atoms. The van der Waals surface area contributed by atoms with Gasteiger partial charge in [0.05, 0.1) is 38.1 Å². The molecule has 11 nitrogen and oxygen atoms in total. The summed E-state index contributed by atoms with van der Waals surface area (Å²) in [6, 6.07) is 7.83. The number of anilines is 1. The molecule has 4 atom stereocenters. The van der Waals surface area contributed by atoms with Crippen LogP contribution in [0.15, 0.2) is 30.3 Å². The van der Waals surface area contributed by atoms with Crippen molar-refractivity contribution < 1.29 is 33.3 Å². The number of aliphatic hydroxyl groups excluding tert-OH is 1. The van der Waals surface area contributed by atoms with E-state index in [1.165, 1.54) is 12.1 Å². The number of pyridine rings is 1. The zero-order valence-electron chi connectivity index (χ0n) is 28.6. The van der Waals surface area contributed by atoms with Crippen LogP contribution in [-0.4, -0.2) is 119 Å². The Hall–Kier alpha value is -3.32. The SMILES string of the molecule is CC[C@@H]1COCCN1C[C@H]1CN(C(=O)OC(C)(C)C)[C@H](C)CN1CC(=O)N1c2cc(Cc3ccc(F)cc3)c(CO)nc2OC[C@@H]1C. The van der Waals surface area contributed by atoms with Gasteiger partial charge in [-0.25, -0.2) is 14.2 Å². The van der Waals surface area contributed by atoms with Crippen LogP contribution in [0.2, 0.25) is 0 Å². The first-order chi connectivity index (χ1) is 22.4. The maximum Gasteiger partial charge on any atom is 0.410 e. The molecule has 3 aliphatic rings. The summed E-state index contributed by atoms with van der Waals surface area (Å²) in [5.41, 5.74) is 2.00. The van der Waals surface area contributed by atoms with Crippen LogP contribution in [0.1, 0.15) is 64.8 Å². The Morgan fingerprint density at radius 1 is 1.06 bits per heavy atom. The van der Waals surface area contributed by atoms with E-state index in [1.807, 2.05) is 40.7 Å². The summed E-state index contributed by atoms with van der Waals surface area (Å²) >= 11 is 0. The highest BCUT2D eigenvalue weighted by molar-refractivity contribution is 5.97. The van der Waals surface area contributed by atoms with Crippen molar-refractivity contribution in [3.8, 4) is 5.88 Å². The van der Waals surface area contributed by atoms with Crippen molar-refractivity contribution >= 4 is 17.7 Å². The van der Waals surface area contributed by atoms with E-state index in [9.17, 15) is 19.1 Å². The van der Waals surface area contributed by atoms with Gasteiger partial charge in [-0.05, 0) is 76.8 Å². The summed E-state index contributed by atoms with van der Waals surface area (Å²) < 4.78 is 31.1. The molecular formula is C35H50FN5O6. The normalized spacial score (nSPS) is 24.1. The number of morpholine rings is 1. The zero-order chi connectivity index (χ0) is 33.9. The van der Waals surface area contributed by atoms with Gasteiger partial charge in [-0.3, -0.25) is 14.6 Å². The zero-order valence-corrected chi connectivity index (χ0v) is 28.6. The molecule has 0 radical (unpaired) electrons. The minimum atomic E-state index is -0.615. The van der Waals surface area contributed by atoms with Crippen LogP contribution >= 0.6 is 0 Å². The molecule has 1 aromatic carbocycles. The highest BCUT2D eigenvalue weighted by Crippen LogP contribution is 2.35. The Morgan fingerprint density at radius 2 is 1.81 bits per heavy atom. The topological polar surface area (TPSA) is 108 Å². The average molecular weight is 656 g/mol. The van der Waals surface area contributed by atoms with E-state index < -0.39 is 5.60 Å². The van der Waals surface area contributed by atoms with Crippen molar-refractivity contribution in [3.05, 3.63) is 53.0 Å². The van der Waals surface area contributed by atoms with Crippen molar-refractivity contribution in [1.82, 2.24) is 19.7 Å². The second kappa shape index (κ2) is 14.8. The quantitative estimate of drug-likeness (QED) is 0.454. The first-order valence-electron chi connectivity index (χ1n) is 16.7. The summed E-state index contributed by atoms with van der Waals surface area (Å²) in [5, 5.41) is 10.1. The molecule has 1 N–H and O–H groups in total. The lowest BCUT2D eigenvalue weighted by molar-refractivity contribution is -0.122. The lowest BCUT2D eigenvalue weighted by Crippen LogP contribution is -2.65. The fourth-order valence-corrected chi connectivity index (χ4v) is 6.72. The highest BCUT2D eigenvalue weighted by Gasteiger charge is 2.40. The molecule has 0 bridgehead atoms. The molecular weight excluding hydrogens is 605 g/mol. The van der Waals surface area contributed by atoms with Crippen molar-refractivity contribution in [1.29, 1.82) is 0 Å². The van der Waals surface area contributed by atoms with Crippen LogP contribution < -0.4 is 9.64 Å². The minimum Gasteiger partial charge on any atom is -0.474 e. The third kappa shape index (κ3) is 8.40. The number of amides is 2. The smallest absolute Gasteiger partial charge is 0.410 e. The van der Waals surface area contributed by atoms with Crippen molar-refractivity contribution in [2.24, 2.45) is 0 Å². The standard InChI is InChI=1S/C35H50FN5O6/c1-7-28-22-45-13-12-38(28)17-29-18-40(34(44)47-35(4,5)6)23(2)16-39(29)19-32(43)41-24(3)21-46-33-31(41)15-26(30(20-42)37-33)14-25-8-10-27(36)11-9-25/h8-11,15,23-24,28-29,42H,7,12-14,16-22H2,1-6H3/t23-,24+,28-,29+/m1/s1. The first kappa shape index (κ1) is 35.0. The molecule has 4 heterocycles. The maximum absolute atomic E-state index is 14.3. The number of aromatic nitrogens is 1. The second-order valence-corrected chi connectivity index (χ2v) is 14.0. The lowest BCUT2D eigenvalue weighted by Gasteiger charge is -2.48. The van der Waals surface area contributed by atoms with Gasteiger partial charge in [-0.15, -0.1) is 0 Å². The molecule has 0 saturated carbocycles. The lowest BCUT2D eigenvalue weighted by atomic mass is 10.0. The van der Waals surface area contributed by atoms with Gasteiger partial charge < -0.3 is 29.1 Å². The Bertz CT molecular complexity index is 1400. The van der Waals surface area contributed by atoms with E-state index >= 15 is 0 Å². The summed E-state index contributed by atoms with van der Waals surface area (Å²) in [6.45, 7) is 15.6. The van der Waals surface area contributed by atoms with Crippen LogP contribution in [0.3, 0.4) is 0 Å². The predicted octanol–water partition coefficient (Wildman–Crippen LogP) is 3.84. The summed E-state index contributed by atoms with van der Waals surface area (Å²) in [4.78, 5) is 40.4. The highest BCUT2D eigenvalue weighted by atomic mass is 19.1. The molecule has 3 aliphatic heterocycles. The summed E-state index contributed by atoms with van der Waals surface area (Å²) in [7, 11) is 0. The molecule has 2 amide bonds. The van der Waals surface area contributed by atoms with Gasteiger partial charge in [0.2, 0.25) is 11.8 Å². The van der Waals surface area contributed by atoms with Gasteiger partial charge >= 0.3 is 6.09 Å². The third-order valence-electron chi connectivity index (χ3n) is 9.21. The molecule has 0 aliphatic carbocycles. The van der Waals surface area contributed by atoms with Crippen molar-refractivity contribution in [2.75, 3.05) is 57.4 Å². The average Bonchev–Trinajstić information content (AvgIpc) is 3.02. The molecule has 47 heavy (non-hydrogen) atoms. The van der Waals surface area contributed by atoms with E-state index in [0.717, 1.165) is 24.1 Å². The molecule has 5 rings (SSSR count). The predicted molar refractivity (Wildman–Crippen MR) is 176 cm³/mol. The number of hydrogen-bond donors (Lipinski definition) is 1. The van der Waals surface area contributed by atoms with Gasteiger partial charge in [-0.1, -0.05) is 19.1 Å². The number of piperazine rings is 1. The van der Waals surface area contributed by atoms with Crippen LogP contribution in [0, 0.1) is 5.82 Å². The van der Waals surface area contributed by atoms with Crippen molar-refractivity contribution in [2.45, 2.75) is 90.8 Å². The van der Waals surface area contributed by atoms with E-state index in [2.05, 4.69) is 21.7 Å². The van der Waals surface area contributed by atoms with Gasteiger partial charge in [-0.2, -0.15) is 0 Å². The van der Waals surface area contributed by atoms with E-state index in [-0.39, 0.29) is 61.7 Å². The van der Waals surface area contributed by atoms with Gasteiger partial charge in [0.15, 0.2) is 0 Å². The van der Waals surface area contributed by atoms with Gasteiger partial charge in [0, 0.05) is 44.3 Å². The Morgan fingerprint density at radius 3 is 2.49 bits per heavy atom. The van der Waals surface area contributed by atoms with Crippen LogP contribution in [0.4, 0.5) is 14.9 Å². The maximum atomic E-state index is 14.3. The minimum absolute atomic E-state index is 0.0923. The third-order valence-corrected chi connectivity index (χ3v) is 9.21. The summed E-state index contributed by atoms with van der Waals surface area (Å²) in [5.74, 6) is -0.107. The number of carbonyl (C=O) groups is 2. The molecule has 258 valence electrons. The number of fused-ring (bicyclic) bond motifs is 1. The Balaban J connectivity index is 1.41. The van der Waals surface area contributed by atoms with E-state index in [0.29, 0.717) is 56.5 Å². The Labute approximate surface area is 277 Å². The summed E-state index contributed by atoms with van der Waals surface area (Å²) in [6.07, 6.45) is 1.02. The fourth-order valence-electron chi connectivity index (χ4n) is 6.72. The van der Waals surface area contributed by atoms with Crippen LogP contribution in [-0.2, 0) is 27.3 Å². The monoisotopic (exact) mass is 655 g/mol. The number of aliphatic hydroxyl groups is 1. The molecule has 1 aromatic heterocycles. The fraction of sp³-hybridized carbons (Fsp3) is 0.629. The van der Waals surface area contributed by atoms with E-state index in [1.54, 1.807) is 21.9 Å². The second-order valence-electron chi connectivity index (χ2n) is 14.0. The number of ether oxygens (including phenoxy) is 3. The molecule has 2 saturated heterocycles. The number of nitrogens with zero attached hydrogens (tertiary/aromatic N) is 5.